The number of aryl methyl sites for hydroxylation is 1. The molecule has 0 saturated carbocycles. The Morgan fingerprint density at radius 1 is 1.41 bits per heavy atom. The predicted molar refractivity (Wildman–Crippen MR) is 78.3 cm³/mol. The van der Waals surface area contributed by atoms with Gasteiger partial charge in [-0.1, -0.05) is 29.8 Å². The number of halogens is 1. The van der Waals surface area contributed by atoms with Crippen molar-refractivity contribution in [3.8, 4) is 0 Å². The summed E-state index contributed by atoms with van der Waals surface area (Å²) in [4.78, 5) is 16.5. The average Bonchev–Trinajstić information content (AvgIpc) is 2.75. The van der Waals surface area contributed by atoms with E-state index in [1.54, 1.807) is 11.3 Å². The van der Waals surface area contributed by atoms with E-state index in [-0.39, 0.29) is 5.91 Å². The van der Waals surface area contributed by atoms with E-state index in [0.717, 1.165) is 29.6 Å². The maximum absolute atomic E-state index is 12.4. The van der Waals surface area contributed by atoms with Gasteiger partial charge in [0.15, 0.2) is 0 Å². The zero-order valence-corrected chi connectivity index (χ0v) is 13.1. The lowest BCUT2D eigenvalue weighted by Crippen LogP contribution is -2.40. The second-order valence-corrected chi connectivity index (χ2v) is 6.15. The Morgan fingerprint density at radius 3 is 2.47 bits per heavy atom. The summed E-state index contributed by atoms with van der Waals surface area (Å²) in [5.41, 5.74) is 0. The van der Waals surface area contributed by atoms with Crippen molar-refractivity contribution in [1.29, 1.82) is 0 Å². The number of hydrogen-bond acceptors (Lipinski definition) is 2. The van der Waals surface area contributed by atoms with Crippen LogP contribution in [0, 0.1) is 6.92 Å². The maximum Gasteiger partial charge on any atom is 0.264 e. The highest BCUT2D eigenvalue weighted by Gasteiger charge is 2.22. The quantitative estimate of drug-likeness (QED) is 0.724. The molecule has 0 atom stereocenters. The van der Waals surface area contributed by atoms with Crippen LogP contribution >= 0.6 is 27.3 Å². The fraction of sp³-hybridized carbons (Fsp3) is 0.615. The highest BCUT2D eigenvalue weighted by molar-refractivity contribution is 9.09. The van der Waals surface area contributed by atoms with Crippen LogP contribution in [0.15, 0.2) is 12.1 Å². The van der Waals surface area contributed by atoms with Crippen LogP contribution in [0.2, 0.25) is 0 Å². The molecule has 0 N–H and O–H groups in total. The van der Waals surface area contributed by atoms with Gasteiger partial charge in [0.2, 0.25) is 0 Å². The van der Waals surface area contributed by atoms with Gasteiger partial charge in [-0.3, -0.25) is 4.79 Å². The lowest BCUT2D eigenvalue weighted by atomic mass is 10.1. The molecule has 17 heavy (non-hydrogen) atoms. The predicted octanol–water partition coefficient (Wildman–Crippen LogP) is 4.08. The topological polar surface area (TPSA) is 20.3 Å². The van der Waals surface area contributed by atoms with Crippen molar-refractivity contribution in [1.82, 2.24) is 4.90 Å². The number of thiophene rings is 1. The Morgan fingerprint density at radius 2 is 2.06 bits per heavy atom. The third kappa shape index (κ3) is 3.81. The van der Waals surface area contributed by atoms with Crippen LogP contribution in [0.4, 0.5) is 0 Å². The van der Waals surface area contributed by atoms with Crippen LogP contribution in [0.5, 0.6) is 0 Å². The lowest BCUT2D eigenvalue weighted by molar-refractivity contribution is 0.0688. The summed E-state index contributed by atoms with van der Waals surface area (Å²) in [6, 6.07) is 4.30. The smallest absolute Gasteiger partial charge is 0.264 e. The Balaban J connectivity index is 2.86. The number of carbonyl (C=O) groups is 1. The molecule has 0 aromatic carbocycles. The Kier molecular flexibility index (Phi) is 6.20. The van der Waals surface area contributed by atoms with Gasteiger partial charge in [0.25, 0.3) is 5.91 Å². The minimum atomic E-state index is 0.177. The minimum absolute atomic E-state index is 0.177. The summed E-state index contributed by atoms with van der Waals surface area (Å²) >= 11 is 5.01. The van der Waals surface area contributed by atoms with Crippen LogP contribution in [-0.4, -0.2) is 28.7 Å². The third-order valence-electron chi connectivity index (χ3n) is 2.92. The Hall–Kier alpha value is -0.350. The van der Waals surface area contributed by atoms with Crippen molar-refractivity contribution in [3.05, 3.63) is 21.9 Å². The SMILES string of the molecule is CCC(CC)N(CCBr)C(=O)c1ccc(C)s1. The van der Waals surface area contributed by atoms with E-state index in [2.05, 4.69) is 29.8 Å². The molecule has 1 heterocycles. The van der Waals surface area contributed by atoms with Gasteiger partial charge >= 0.3 is 0 Å². The largest absolute Gasteiger partial charge is 0.334 e. The van der Waals surface area contributed by atoms with Crippen LogP contribution < -0.4 is 0 Å². The summed E-state index contributed by atoms with van der Waals surface area (Å²) in [5, 5.41) is 0.833. The summed E-state index contributed by atoms with van der Waals surface area (Å²) in [7, 11) is 0. The second-order valence-electron chi connectivity index (χ2n) is 4.07. The molecule has 1 rings (SSSR count). The van der Waals surface area contributed by atoms with Gasteiger partial charge < -0.3 is 4.90 Å². The van der Waals surface area contributed by atoms with Gasteiger partial charge in [0, 0.05) is 22.8 Å². The first-order valence-electron chi connectivity index (χ1n) is 6.07. The highest BCUT2D eigenvalue weighted by Crippen LogP contribution is 2.20. The molecule has 0 unspecified atom stereocenters. The Labute approximate surface area is 116 Å². The fourth-order valence-corrected chi connectivity index (χ4v) is 3.17. The van der Waals surface area contributed by atoms with E-state index >= 15 is 0 Å². The first kappa shape index (κ1) is 14.7. The third-order valence-corrected chi connectivity index (χ3v) is 4.26. The van der Waals surface area contributed by atoms with E-state index < -0.39 is 0 Å². The van der Waals surface area contributed by atoms with Crippen molar-refractivity contribution in [3.63, 3.8) is 0 Å². The summed E-state index contributed by atoms with van der Waals surface area (Å²) in [5.74, 6) is 0.177. The average molecular weight is 318 g/mol. The van der Waals surface area contributed by atoms with Gasteiger partial charge in [0.1, 0.15) is 0 Å². The van der Waals surface area contributed by atoms with Crippen molar-refractivity contribution in [2.45, 2.75) is 39.7 Å². The molecule has 96 valence electrons. The van der Waals surface area contributed by atoms with E-state index in [1.165, 1.54) is 4.88 Å². The molecule has 0 aliphatic heterocycles. The van der Waals surface area contributed by atoms with Gasteiger partial charge in [-0.05, 0) is 31.9 Å². The highest BCUT2D eigenvalue weighted by atomic mass is 79.9. The number of amides is 1. The molecule has 0 radical (unpaired) electrons. The lowest BCUT2D eigenvalue weighted by Gasteiger charge is -2.29. The van der Waals surface area contributed by atoms with Crippen molar-refractivity contribution in [2.24, 2.45) is 0 Å². The molecule has 0 aliphatic rings. The maximum atomic E-state index is 12.4. The van der Waals surface area contributed by atoms with Gasteiger partial charge in [-0.25, -0.2) is 0 Å². The van der Waals surface area contributed by atoms with Crippen LogP contribution in [0.25, 0.3) is 0 Å². The van der Waals surface area contributed by atoms with E-state index in [9.17, 15) is 4.79 Å². The van der Waals surface area contributed by atoms with Crippen LogP contribution in [0.3, 0.4) is 0 Å². The van der Waals surface area contributed by atoms with Gasteiger partial charge in [0.05, 0.1) is 4.88 Å². The molecule has 2 nitrogen and oxygen atoms in total. The standard InChI is InChI=1S/C13H20BrNOS/c1-4-11(5-2)15(9-8-14)13(16)12-7-6-10(3)17-12/h6-7,11H,4-5,8-9H2,1-3H3. The van der Waals surface area contributed by atoms with Crippen molar-refractivity contribution in [2.75, 3.05) is 11.9 Å². The van der Waals surface area contributed by atoms with Gasteiger partial charge in [-0.15, -0.1) is 11.3 Å². The first-order chi connectivity index (χ1) is 8.13. The fourth-order valence-electron chi connectivity index (χ4n) is 1.96. The molecule has 1 aromatic rings. The number of nitrogens with zero attached hydrogens (tertiary/aromatic N) is 1. The number of alkyl halides is 1. The second kappa shape index (κ2) is 7.17. The monoisotopic (exact) mass is 317 g/mol. The molecule has 0 spiro atoms. The molecule has 0 saturated heterocycles. The zero-order chi connectivity index (χ0) is 12.8. The molecule has 1 aromatic heterocycles. The normalized spacial score (nSPS) is 10.9. The van der Waals surface area contributed by atoms with Crippen molar-refractivity contribution >= 4 is 33.2 Å². The number of rotatable bonds is 6. The van der Waals surface area contributed by atoms with E-state index in [4.69, 9.17) is 0 Å². The van der Waals surface area contributed by atoms with Crippen molar-refractivity contribution < 1.29 is 4.79 Å². The summed E-state index contributed by atoms with van der Waals surface area (Å²) in [6.45, 7) is 7.10. The van der Waals surface area contributed by atoms with Crippen LogP contribution in [0.1, 0.15) is 41.2 Å². The van der Waals surface area contributed by atoms with Gasteiger partial charge in [-0.2, -0.15) is 0 Å². The molecule has 0 fully saturated rings. The number of carbonyl (C=O) groups excluding carboxylic acids is 1. The van der Waals surface area contributed by atoms with Crippen LogP contribution in [-0.2, 0) is 0 Å². The molecule has 0 bridgehead atoms. The summed E-state index contributed by atoms with van der Waals surface area (Å²) < 4.78 is 0. The summed E-state index contributed by atoms with van der Waals surface area (Å²) in [6.07, 6.45) is 2.03. The number of hydrogen-bond donors (Lipinski definition) is 0. The molecule has 4 heteroatoms. The first-order valence-corrected chi connectivity index (χ1v) is 8.01. The van der Waals surface area contributed by atoms with E-state index in [1.807, 2.05) is 24.0 Å². The molecule has 0 aliphatic carbocycles. The molecular formula is C13H20BrNOS. The Bertz CT molecular complexity index is 360. The molecular weight excluding hydrogens is 298 g/mol. The van der Waals surface area contributed by atoms with E-state index in [0.29, 0.717) is 6.04 Å². The minimum Gasteiger partial charge on any atom is -0.334 e. The zero-order valence-electron chi connectivity index (χ0n) is 10.7. The molecule has 1 amide bonds.